The van der Waals surface area contributed by atoms with Crippen molar-refractivity contribution in [3.8, 4) is 0 Å². The molecule has 0 radical (unpaired) electrons. The standard InChI is InChI=1S/C17H19NO3S/c1-11(19)22-10-12-7-17(21)18(9-12)14-6-5-13-3-2-4-16(20)15(13)8-14/h5-6,8,12H,2-4,7,9-10H2,1H3. The van der Waals surface area contributed by atoms with Gasteiger partial charge >= 0.3 is 0 Å². The zero-order valence-corrected chi connectivity index (χ0v) is 13.4. The molecule has 0 saturated carbocycles. The van der Waals surface area contributed by atoms with E-state index >= 15 is 0 Å². The lowest BCUT2D eigenvalue weighted by atomic mass is 9.90. The van der Waals surface area contributed by atoms with Crippen LogP contribution in [0.1, 0.15) is 42.1 Å². The SMILES string of the molecule is CC(=O)SCC1CC(=O)N(c2ccc3c(c2)C(=O)CCC3)C1. The van der Waals surface area contributed by atoms with Crippen molar-refractivity contribution in [2.75, 3.05) is 17.2 Å². The van der Waals surface area contributed by atoms with Gasteiger partial charge in [-0.05, 0) is 36.5 Å². The second-order valence-electron chi connectivity index (χ2n) is 6.00. The first-order chi connectivity index (χ1) is 10.5. The minimum Gasteiger partial charge on any atom is -0.312 e. The smallest absolute Gasteiger partial charge is 0.227 e. The molecule has 1 aliphatic heterocycles. The van der Waals surface area contributed by atoms with Crippen LogP contribution in [-0.2, 0) is 16.0 Å². The molecule has 1 aromatic carbocycles. The summed E-state index contributed by atoms with van der Waals surface area (Å²) < 4.78 is 0. The topological polar surface area (TPSA) is 54.5 Å². The van der Waals surface area contributed by atoms with Gasteiger partial charge < -0.3 is 4.90 Å². The average Bonchev–Trinajstić information content (AvgIpc) is 2.86. The largest absolute Gasteiger partial charge is 0.312 e. The molecule has 1 aliphatic carbocycles. The molecule has 1 amide bonds. The van der Waals surface area contributed by atoms with Crippen LogP contribution in [0.2, 0.25) is 0 Å². The molecule has 1 fully saturated rings. The number of amides is 1. The van der Waals surface area contributed by atoms with Crippen LogP contribution in [0.15, 0.2) is 18.2 Å². The molecule has 1 atom stereocenters. The maximum absolute atomic E-state index is 12.2. The summed E-state index contributed by atoms with van der Waals surface area (Å²) in [5.41, 5.74) is 2.68. The normalized spacial score (nSPS) is 21.1. The van der Waals surface area contributed by atoms with E-state index < -0.39 is 0 Å². The third-order valence-electron chi connectivity index (χ3n) is 4.28. The van der Waals surface area contributed by atoms with Gasteiger partial charge in [0.15, 0.2) is 10.9 Å². The first-order valence-electron chi connectivity index (χ1n) is 7.64. The quantitative estimate of drug-likeness (QED) is 0.860. The van der Waals surface area contributed by atoms with Crippen molar-refractivity contribution in [1.82, 2.24) is 0 Å². The molecular formula is C17H19NO3S. The molecule has 5 heteroatoms. The van der Waals surface area contributed by atoms with E-state index in [9.17, 15) is 14.4 Å². The van der Waals surface area contributed by atoms with Crippen LogP contribution in [0, 0.1) is 5.92 Å². The van der Waals surface area contributed by atoms with Crippen LogP contribution in [0.4, 0.5) is 5.69 Å². The van der Waals surface area contributed by atoms with Gasteiger partial charge in [-0.2, -0.15) is 0 Å². The second kappa shape index (κ2) is 6.24. The van der Waals surface area contributed by atoms with E-state index in [2.05, 4.69) is 0 Å². The predicted molar refractivity (Wildman–Crippen MR) is 87.3 cm³/mol. The van der Waals surface area contributed by atoms with Gasteiger partial charge in [-0.25, -0.2) is 0 Å². The molecule has 1 heterocycles. The second-order valence-corrected chi connectivity index (χ2v) is 7.19. The lowest BCUT2D eigenvalue weighted by Crippen LogP contribution is -2.25. The molecule has 0 spiro atoms. The Bertz CT molecular complexity index is 641. The highest BCUT2D eigenvalue weighted by Crippen LogP contribution is 2.31. The fourth-order valence-corrected chi connectivity index (χ4v) is 3.86. The molecule has 0 aromatic heterocycles. The third kappa shape index (κ3) is 3.09. The van der Waals surface area contributed by atoms with Crippen molar-refractivity contribution in [3.63, 3.8) is 0 Å². The van der Waals surface area contributed by atoms with Gasteiger partial charge in [-0.15, -0.1) is 0 Å². The van der Waals surface area contributed by atoms with Gasteiger partial charge in [0.1, 0.15) is 0 Å². The number of carbonyl (C=O) groups is 3. The zero-order chi connectivity index (χ0) is 15.7. The maximum Gasteiger partial charge on any atom is 0.227 e. The highest BCUT2D eigenvalue weighted by atomic mass is 32.2. The van der Waals surface area contributed by atoms with Crippen LogP contribution >= 0.6 is 11.8 Å². The number of fused-ring (bicyclic) bond motifs is 1. The Morgan fingerprint density at radius 2 is 2.14 bits per heavy atom. The number of nitrogens with zero attached hydrogens (tertiary/aromatic N) is 1. The monoisotopic (exact) mass is 317 g/mol. The fourth-order valence-electron chi connectivity index (χ4n) is 3.16. The van der Waals surface area contributed by atoms with Crippen LogP contribution < -0.4 is 4.90 Å². The molecule has 116 valence electrons. The first kappa shape index (κ1) is 15.3. The lowest BCUT2D eigenvalue weighted by Gasteiger charge is -2.21. The summed E-state index contributed by atoms with van der Waals surface area (Å²) in [6.07, 6.45) is 2.93. The predicted octanol–water partition coefficient (Wildman–Crippen LogP) is 2.84. The van der Waals surface area contributed by atoms with Crippen LogP contribution in [0.5, 0.6) is 0 Å². The number of rotatable bonds is 3. The Balaban J connectivity index is 1.77. The number of hydrogen-bond donors (Lipinski definition) is 0. The molecule has 1 unspecified atom stereocenters. The first-order valence-corrected chi connectivity index (χ1v) is 8.63. The molecule has 2 aliphatic rings. The Hall–Kier alpha value is -1.62. The summed E-state index contributed by atoms with van der Waals surface area (Å²) in [6.45, 7) is 2.18. The van der Waals surface area contributed by atoms with E-state index in [1.165, 1.54) is 11.8 Å². The van der Waals surface area contributed by atoms with Gasteiger partial charge in [0.2, 0.25) is 5.91 Å². The zero-order valence-electron chi connectivity index (χ0n) is 12.6. The maximum atomic E-state index is 12.2. The van der Waals surface area contributed by atoms with Crippen molar-refractivity contribution >= 4 is 34.3 Å². The van der Waals surface area contributed by atoms with Crippen LogP contribution in [0.3, 0.4) is 0 Å². The van der Waals surface area contributed by atoms with E-state index in [-0.39, 0.29) is 22.7 Å². The van der Waals surface area contributed by atoms with E-state index in [0.29, 0.717) is 25.1 Å². The van der Waals surface area contributed by atoms with E-state index in [0.717, 1.165) is 29.7 Å². The molecule has 0 bridgehead atoms. The minimum absolute atomic E-state index is 0.0809. The molecule has 1 saturated heterocycles. The van der Waals surface area contributed by atoms with Gasteiger partial charge in [-0.1, -0.05) is 17.8 Å². The summed E-state index contributed by atoms with van der Waals surface area (Å²) in [5.74, 6) is 1.14. The Morgan fingerprint density at radius 1 is 1.32 bits per heavy atom. The summed E-state index contributed by atoms with van der Waals surface area (Å²) in [7, 11) is 0. The number of hydrogen-bond acceptors (Lipinski definition) is 4. The Kier molecular flexibility index (Phi) is 4.34. The van der Waals surface area contributed by atoms with Crippen molar-refractivity contribution in [3.05, 3.63) is 29.3 Å². The number of carbonyl (C=O) groups excluding carboxylic acids is 3. The van der Waals surface area contributed by atoms with Gasteiger partial charge in [0.05, 0.1) is 0 Å². The van der Waals surface area contributed by atoms with Crippen molar-refractivity contribution < 1.29 is 14.4 Å². The summed E-state index contributed by atoms with van der Waals surface area (Å²) in [5, 5.41) is 0.0882. The molecule has 0 N–H and O–H groups in total. The summed E-state index contributed by atoms with van der Waals surface area (Å²) >= 11 is 1.28. The van der Waals surface area contributed by atoms with E-state index in [1.807, 2.05) is 18.2 Å². The van der Waals surface area contributed by atoms with Crippen molar-refractivity contribution in [1.29, 1.82) is 0 Å². The minimum atomic E-state index is 0.0809. The molecular weight excluding hydrogens is 298 g/mol. The Morgan fingerprint density at radius 3 is 2.91 bits per heavy atom. The van der Waals surface area contributed by atoms with Crippen molar-refractivity contribution in [2.24, 2.45) is 5.92 Å². The molecule has 3 rings (SSSR count). The van der Waals surface area contributed by atoms with Crippen LogP contribution in [0.25, 0.3) is 0 Å². The van der Waals surface area contributed by atoms with Crippen LogP contribution in [-0.4, -0.2) is 29.1 Å². The van der Waals surface area contributed by atoms with E-state index in [4.69, 9.17) is 0 Å². The highest BCUT2D eigenvalue weighted by molar-refractivity contribution is 8.13. The molecule has 1 aromatic rings. The third-order valence-corrected chi connectivity index (χ3v) is 5.33. The summed E-state index contributed by atoms with van der Waals surface area (Å²) in [4.78, 5) is 37.1. The number of benzene rings is 1. The van der Waals surface area contributed by atoms with Crippen molar-refractivity contribution in [2.45, 2.75) is 32.6 Å². The van der Waals surface area contributed by atoms with E-state index in [1.54, 1.807) is 11.8 Å². The van der Waals surface area contributed by atoms with Gasteiger partial charge in [0, 0.05) is 43.3 Å². The number of aryl methyl sites for hydroxylation is 1. The van der Waals surface area contributed by atoms with Gasteiger partial charge in [-0.3, -0.25) is 14.4 Å². The number of Topliss-reactive ketones (excluding diaryl/α,β-unsaturated/α-hetero) is 1. The Labute approximate surface area is 134 Å². The number of ketones is 1. The molecule has 22 heavy (non-hydrogen) atoms. The molecule has 4 nitrogen and oxygen atoms in total. The number of thioether (sulfide) groups is 1. The van der Waals surface area contributed by atoms with Gasteiger partial charge in [0.25, 0.3) is 0 Å². The number of anilines is 1. The average molecular weight is 317 g/mol. The lowest BCUT2D eigenvalue weighted by molar-refractivity contribution is -0.117. The highest BCUT2D eigenvalue weighted by Gasteiger charge is 2.31. The summed E-state index contributed by atoms with van der Waals surface area (Å²) in [6, 6.07) is 5.79. The fraction of sp³-hybridized carbons (Fsp3) is 0.471.